The fourth-order valence-electron chi connectivity index (χ4n) is 2.70. The molecule has 1 N–H and O–H groups in total. The Morgan fingerprint density at radius 3 is 2.70 bits per heavy atom. The lowest BCUT2D eigenvalue weighted by Gasteiger charge is -2.30. The second-order valence-electron chi connectivity index (χ2n) is 5.71. The molecule has 0 bridgehead atoms. The summed E-state index contributed by atoms with van der Waals surface area (Å²) in [6.45, 7) is 6.31. The van der Waals surface area contributed by atoms with Crippen LogP contribution in [0, 0.1) is 5.92 Å². The van der Waals surface area contributed by atoms with Gasteiger partial charge >= 0.3 is 0 Å². The molecule has 0 unspecified atom stereocenters. The minimum absolute atomic E-state index is 0.0191. The van der Waals surface area contributed by atoms with Crippen molar-refractivity contribution in [3.63, 3.8) is 0 Å². The van der Waals surface area contributed by atoms with Gasteiger partial charge in [-0.05, 0) is 36.4 Å². The van der Waals surface area contributed by atoms with Crippen molar-refractivity contribution < 1.29 is 4.79 Å². The lowest BCUT2D eigenvalue weighted by atomic mass is 9.99. The van der Waals surface area contributed by atoms with Crippen LogP contribution < -0.4 is 5.32 Å². The second-order valence-corrected chi connectivity index (χ2v) is 5.98. The summed E-state index contributed by atoms with van der Waals surface area (Å²) >= 11 is 5.45. The molecule has 0 aromatic heterocycles. The SMILES string of the molecule is C[C@H]1CCCN(Cc2ccc(CNC(=O)CCl)cc2)C1. The number of hydrogen-bond donors (Lipinski definition) is 1. The van der Waals surface area contributed by atoms with Crippen molar-refractivity contribution in [2.75, 3.05) is 19.0 Å². The Balaban J connectivity index is 1.83. The van der Waals surface area contributed by atoms with Gasteiger partial charge in [-0.1, -0.05) is 31.2 Å². The van der Waals surface area contributed by atoms with Gasteiger partial charge in [0, 0.05) is 19.6 Å². The Morgan fingerprint density at radius 2 is 2.05 bits per heavy atom. The van der Waals surface area contributed by atoms with E-state index in [0.29, 0.717) is 6.54 Å². The predicted molar refractivity (Wildman–Crippen MR) is 82.7 cm³/mol. The summed E-state index contributed by atoms with van der Waals surface area (Å²) in [5.41, 5.74) is 2.45. The molecular weight excluding hydrogens is 272 g/mol. The van der Waals surface area contributed by atoms with Crippen molar-refractivity contribution in [1.82, 2.24) is 10.2 Å². The average Bonchev–Trinajstić information content (AvgIpc) is 2.46. The molecule has 1 saturated heterocycles. The van der Waals surface area contributed by atoms with E-state index >= 15 is 0 Å². The number of alkyl halides is 1. The molecule has 0 spiro atoms. The summed E-state index contributed by atoms with van der Waals surface area (Å²) in [6.07, 6.45) is 2.67. The van der Waals surface area contributed by atoms with E-state index in [0.717, 1.165) is 18.0 Å². The van der Waals surface area contributed by atoms with E-state index in [1.807, 2.05) is 0 Å². The van der Waals surface area contributed by atoms with E-state index in [1.165, 1.54) is 31.5 Å². The predicted octanol–water partition coefficient (Wildman–Crippen LogP) is 2.77. The number of halogens is 1. The van der Waals surface area contributed by atoms with E-state index in [9.17, 15) is 4.79 Å². The van der Waals surface area contributed by atoms with Crippen molar-refractivity contribution in [3.8, 4) is 0 Å². The molecule has 1 fully saturated rings. The number of rotatable bonds is 5. The number of nitrogens with one attached hydrogen (secondary N) is 1. The van der Waals surface area contributed by atoms with Gasteiger partial charge < -0.3 is 5.32 Å². The molecule has 0 aliphatic carbocycles. The summed E-state index contributed by atoms with van der Waals surface area (Å²) in [7, 11) is 0. The van der Waals surface area contributed by atoms with E-state index in [-0.39, 0.29) is 11.8 Å². The maximum atomic E-state index is 11.1. The number of likely N-dealkylation sites (tertiary alicyclic amines) is 1. The molecule has 1 aliphatic rings. The van der Waals surface area contributed by atoms with Crippen LogP contribution in [0.5, 0.6) is 0 Å². The standard InChI is InChI=1S/C16H23ClN2O/c1-13-3-2-8-19(11-13)12-15-6-4-14(5-7-15)10-18-16(20)9-17/h4-7,13H,2-3,8-12H2,1H3,(H,18,20)/t13-/m0/s1. The molecule has 0 saturated carbocycles. The van der Waals surface area contributed by atoms with Crippen LogP contribution in [0.3, 0.4) is 0 Å². The zero-order valence-electron chi connectivity index (χ0n) is 12.1. The first kappa shape index (κ1) is 15.3. The normalized spacial score (nSPS) is 19.8. The molecule has 1 aliphatic heterocycles. The number of benzene rings is 1. The van der Waals surface area contributed by atoms with Gasteiger partial charge in [-0.2, -0.15) is 0 Å². The molecule has 1 aromatic rings. The molecule has 20 heavy (non-hydrogen) atoms. The van der Waals surface area contributed by atoms with Gasteiger partial charge in [-0.15, -0.1) is 11.6 Å². The van der Waals surface area contributed by atoms with E-state index in [2.05, 4.69) is 41.4 Å². The fraction of sp³-hybridized carbons (Fsp3) is 0.562. The van der Waals surface area contributed by atoms with Gasteiger partial charge in [0.05, 0.1) is 0 Å². The number of piperidine rings is 1. The lowest BCUT2D eigenvalue weighted by molar-refractivity contribution is -0.118. The van der Waals surface area contributed by atoms with Crippen LogP contribution in [-0.2, 0) is 17.9 Å². The van der Waals surface area contributed by atoms with Gasteiger partial charge in [0.15, 0.2) is 0 Å². The topological polar surface area (TPSA) is 32.3 Å². The highest BCUT2D eigenvalue weighted by Gasteiger charge is 2.15. The molecule has 1 amide bonds. The number of carbonyl (C=O) groups is 1. The molecule has 1 aromatic carbocycles. The van der Waals surface area contributed by atoms with Gasteiger partial charge in [0.25, 0.3) is 0 Å². The molecule has 110 valence electrons. The summed E-state index contributed by atoms with van der Waals surface area (Å²) < 4.78 is 0. The highest BCUT2D eigenvalue weighted by atomic mass is 35.5. The summed E-state index contributed by atoms with van der Waals surface area (Å²) in [4.78, 5) is 13.6. The Kier molecular flexibility index (Phi) is 5.86. The third-order valence-electron chi connectivity index (χ3n) is 3.78. The minimum atomic E-state index is -0.127. The van der Waals surface area contributed by atoms with Crippen molar-refractivity contribution in [2.45, 2.75) is 32.9 Å². The average molecular weight is 295 g/mol. The zero-order chi connectivity index (χ0) is 14.4. The molecular formula is C16H23ClN2O. The molecule has 1 atom stereocenters. The van der Waals surface area contributed by atoms with Crippen molar-refractivity contribution in [2.24, 2.45) is 5.92 Å². The van der Waals surface area contributed by atoms with Crippen LogP contribution in [-0.4, -0.2) is 29.8 Å². The zero-order valence-corrected chi connectivity index (χ0v) is 12.8. The Morgan fingerprint density at radius 1 is 1.35 bits per heavy atom. The van der Waals surface area contributed by atoms with Crippen LogP contribution in [0.1, 0.15) is 30.9 Å². The largest absolute Gasteiger partial charge is 0.351 e. The maximum Gasteiger partial charge on any atom is 0.235 e. The smallest absolute Gasteiger partial charge is 0.235 e. The van der Waals surface area contributed by atoms with E-state index < -0.39 is 0 Å². The van der Waals surface area contributed by atoms with Gasteiger partial charge in [0.2, 0.25) is 5.91 Å². The monoisotopic (exact) mass is 294 g/mol. The van der Waals surface area contributed by atoms with Gasteiger partial charge in [0.1, 0.15) is 5.88 Å². The molecule has 2 rings (SSSR count). The molecule has 3 nitrogen and oxygen atoms in total. The van der Waals surface area contributed by atoms with Crippen LogP contribution in [0.15, 0.2) is 24.3 Å². The van der Waals surface area contributed by atoms with E-state index in [1.54, 1.807) is 0 Å². The van der Waals surface area contributed by atoms with Crippen molar-refractivity contribution >= 4 is 17.5 Å². The summed E-state index contributed by atoms with van der Waals surface area (Å²) in [6, 6.07) is 8.47. The Labute approximate surface area is 126 Å². The van der Waals surface area contributed by atoms with Crippen LogP contribution in [0.4, 0.5) is 0 Å². The Hall–Kier alpha value is -1.06. The molecule has 0 radical (unpaired) electrons. The third-order valence-corrected chi connectivity index (χ3v) is 4.02. The van der Waals surface area contributed by atoms with Gasteiger partial charge in [-0.25, -0.2) is 0 Å². The quantitative estimate of drug-likeness (QED) is 0.847. The number of hydrogen-bond acceptors (Lipinski definition) is 2. The first-order chi connectivity index (χ1) is 9.67. The third kappa shape index (κ3) is 4.80. The summed E-state index contributed by atoms with van der Waals surface area (Å²) in [5.74, 6) is 0.706. The fourth-order valence-corrected chi connectivity index (χ4v) is 2.79. The molecule has 4 heteroatoms. The maximum absolute atomic E-state index is 11.1. The second kappa shape index (κ2) is 7.65. The Bertz CT molecular complexity index is 433. The first-order valence-corrected chi connectivity index (χ1v) is 7.83. The van der Waals surface area contributed by atoms with Crippen molar-refractivity contribution in [3.05, 3.63) is 35.4 Å². The summed E-state index contributed by atoms with van der Waals surface area (Å²) in [5, 5.41) is 2.77. The van der Waals surface area contributed by atoms with Gasteiger partial charge in [-0.3, -0.25) is 9.69 Å². The first-order valence-electron chi connectivity index (χ1n) is 7.30. The van der Waals surface area contributed by atoms with Crippen LogP contribution in [0.2, 0.25) is 0 Å². The number of nitrogens with zero attached hydrogens (tertiary/aromatic N) is 1. The lowest BCUT2D eigenvalue weighted by Crippen LogP contribution is -2.33. The van der Waals surface area contributed by atoms with E-state index in [4.69, 9.17) is 11.6 Å². The minimum Gasteiger partial charge on any atom is -0.351 e. The highest BCUT2D eigenvalue weighted by molar-refractivity contribution is 6.27. The number of carbonyl (C=O) groups excluding carboxylic acids is 1. The van der Waals surface area contributed by atoms with Crippen molar-refractivity contribution in [1.29, 1.82) is 0 Å². The van der Waals surface area contributed by atoms with Crippen LogP contribution in [0.25, 0.3) is 0 Å². The highest BCUT2D eigenvalue weighted by Crippen LogP contribution is 2.18. The number of amides is 1. The van der Waals surface area contributed by atoms with Crippen LogP contribution >= 0.6 is 11.6 Å². The molecule has 1 heterocycles.